The van der Waals surface area contributed by atoms with Crippen molar-refractivity contribution in [1.29, 1.82) is 0 Å². The molecule has 2 aromatic rings. The molecule has 0 radical (unpaired) electrons. The van der Waals surface area contributed by atoms with Crippen LogP contribution in [-0.4, -0.2) is 75.4 Å². The number of halogens is 1. The van der Waals surface area contributed by atoms with Gasteiger partial charge in [-0.15, -0.1) is 0 Å². The number of amides is 4. The van der Waals surface area contributed by atoms with Gasteiger partial charge in [0.25, 0.3) is 5.91 Å². The maximum Gasteiger partial charge on any atom is 0.322 e. The molecule has 2 saturated heterocycles. The van der Waals surface area contributed by atoms with E-state index in [0.29, 0.717) is 47.4 Å². The summed E-state index contributed by atoms with van der Waals surface area (Å²) in [6, 6.07) is 10.6. The van der Waals surface area contributed by atoms with Crippen LogP contribution in [-0.2, 0) is 19.1 Å². The second kappa shape index (κ2) is 10.9. The molecule has 4 rings (SSSR count). The molecule has 0 aromatic heterocycles. The lowest BCUT2D eigenvalue weighted by molar-refractivity contribution is -0.125. The molecular formula is C24H27ClN4O6. The monoisotopic (exact) mass is 502 g/mol. The van der Waals surface area contributed by atoms with Gasteiger partial charge in [-0.3, -0.25) is 9.59 Å². The van der Waals surface area contributed by atoms with Crippen LogP contribution in [0.3, 0.4) is 0 Å². The van der Waals surface area contributed by atoms with Crippen LogP contribution in [0.1, 0.15) is 6.42 Å². The first-order chi connectivity index (χ1) is 16.9. The Bertz CT molecular complexity index is 1100. The van der Waals surface area contributed by atoms with E-state index in [9.17, 15) is 14.4 Å². The van der Waals surface area contributed by atoms with E-state index in [0.717, 1.165) is 0 Å². The lowest BCUT2D eigenvalue weighted by Crippen LogP contribution is -2.45. The number of benzene rings is 2. The summed E-state index contributed by atoms with van der Waals surface area (Å²) in [5, 5.41) is 6.21. The van der Waals surface area contributed by atoms with Gasteiger partial charge in [0.1, 0.15) is 18.4 Å². The fraction of sp³-hybridized carbons (Fsp3) is 0.375. The Morgan fingerprint density at radius 2 is 1.83 bits per heavy atom. The molecule has 35 heavy (non-hydrogen) atoms. The highest BCUT2D eigenvalue weighted by Gasteiger charge is 2.40. The zero-order chi connectivity index (χ0) is 24.9. The average Bonchev–Trinajstić information content (AvgIpc) is 3.31. The number of ether oxygens (including phenoxy) is 3. The minimum atomic E-state index is -0.737. The maximum absolute atomic E-state index is 13.2. The summed E-state index contributed by atoms with van der Waals surface area (Å²) in [5.74, 6) is -0.0742. The predicted molar refractivity (Wildman–Crippen MR) is 131 cm³/mol. The van der Waals surface area contributed by atoms with E-state index < -0.39 is 12.1 Å². The number of methoxy groups -OCH3 is 2. The largest absolute Gasteiger partial charge is 0.494 e. The fourth-order valence-electron chi connectivity index (χ4n) is 4.15. The van der Waals surface area contributed by atoms with Crippen LogP contribution < -0.4 is 20.3 Å². The zero-order valence-electron chi connectivity index (χ0n) is 19.5. The van der Waals surface area contributed by atoms with Crippen molar-refractivity contribution in [3.05, 3.63) is 47.5 Å². The number of nitrogens with zero attached hydrogens (tertiary/aromatic N) is 2. The van der Waals surface area contributed by atoms with Gasteiger partial charge in [-0.25, -0.2) is 4.79 Å². The first kappa shape index (κ1) is 24.8. The van der Waals surface area contributed by atoms with Gasteiger partial charge in [0, 0.05) is 49.1 Å². The first-order valence-corrected chi connectivity index (χ1v) is 11.5. The molecule has 0 bridgehead atoms. The molecule has 0 spiro atoms. The van der Waals surface area contributed by atoms with Crippen molar-refractivity contribution in [2.75, 3.05) is 56.1 Å². The Hall–Kier alpha value is -3.34. The number of urea groups is 1. The molecular weight excluding hydrogens is 476 g/mol. The molecule has 2 aromatic carbocycles. The number of nitrogens with one attached hydrogen (secondary N) is 2. The van der Waals surface area contributed by atoms with Crippen LogP contribution in [0.15, 0.2) is 42.5 Å². The van der Waals surface area contributed by atoms with E-state index in [-0.39, 0.29) is 31.1 Å². The zero-order valence-corrected chi connectivity index (χ0v) is 20.2. The van der Waals surface area contributed by atoms with Crippen molar-refractivity contribution in [3.8, 4) is 5.75 Å². The van der Waals surface area contributed by atoms with Crippen LogP contribution >= 0.6 is 11.6 Å². The maximum atomic E-state index is 13.2. The number of morpholine rings is 1. The van der Waals surface area contributed by atoms with Crippen LogP contribution in [0.25, 0.3) is 0 Å². The van der Waals surface area contributed by atoms with E-state index in [1.54, 1.807) is 54.5 Å². The minimum Gasteiger partial charge on any atom is -0.494 e. The Morgan fingerprint density at radius 3 is 2.51 bits per heavy atom. The number of likely N-dealkylation sites (tertiary alicyclic amines) is 1. The summed E-state index contributed by atoms with van der Waals surface area (Å²) in [4.78, 5) is 41.4. The molecule has 0 saturated carbocycles. The van der Waals surface area contributed by atoms with Gasteiger partial charge >= 0.3 is 6.03 Å². The highest BCUT2D eigenvalue weighted by molar-refractivity contribution is 6.30. The van der Waals surface area contributed by atoms with Crippen molar-refractivity contribution in [2.45, 2.75) is 18.6 Å². The average molecular weight is 503 g/mol. The molecule has 2 fully saturated rings. The second-order valence-corrected chi connectivity index (χ2v) is 8.61. The van der Waals surface area contributed by atoms with Crippen molar-refractivity contribution < 1.29 is 28.6 Å². The van der Waals surface area contributed by atoms with Crippen LogP contribution in [0.4, 0.5) is 21.9 Å². The highest BCUT2D eigenvalue weighted by Crippen LogP contribution is 2.33. The summed E-state index contributed by atoms with van der Waals surface area (Å²) >= 11 is 5.91. The van der Waals surface area contributed by atoms with Gasteiger partial charge < -0.3 is 34.6 Å². The number of carbonyl (C=O) groups excluding carboxylic acids is 3. The SMILES string of the molecule is COc1cc(NC(=O)[C@H]2C[C@@H](OC)CN2C(=O)Nc2ccc(Cl)cc2)ccc1N1CCOCC1=O. The van der Waals surface area contributed by atoms with Gasteiger partial charge in [0.15, 0.2) is 0 Å². The molecule has 0 unspecified atom stereocenters. The lowest BCUT2D eigenvalue weighted by Gasteiger charge is -2.28. The summed E-state index contributed by atoms with van der Waals surface area (Å²) in [7, 11) is 3.05. The third kappa shape index (κ3) is 5.67. The number of hydrogen-bond acceptors (Lipinski definition) is 6. The lowest BCUT2D eigenvalue weighted by atomic mass is 10.1. The minimum absolute atomic E-state index is 0.0118. The fourth-order valence-corrected chi connectivity index (χ4v) is 4.27. The molecule has 11 heteroatoms. The normalized spacial score (nSPS) is 20.0. The van der Waals surface area contributed by atoms with Gasteiger partial charge in [0.05, 0.1) is 25.5 Å². The molecule has 2 aliphatic heterocycles. The molecule has 10 nitrogen and oxygen atoms in total. The summed E-state index contributed by atoms with van der Waals surface area (Å²) in [6.45, 7) is 1.13. The standard InChI is InChI=1S/C24H27ClN4O6/c1-33-18-12-20(29(13-18)24(32)27-16-5-3-15(25)4-6-16)23(31)26-17-7-8-19(21(11-17)34-2)28-9-10-35-14-22(28)30/h3-8,11,18,20H,9-10,12-14H2,1-2H3,(H,26,31)(H,27,32)/t18-,20-/m1/s1. The van der Waals surface area contributed by atoms with Crippen molar-refractivity contribution in [1.82, 2.24) is 4.90 Å². The Kier molecular flexibility index (Phi) is 7.74. The van der Waals surface area contributed by atoms with Crippen LogP contribution in [0.2, 0.25) is 5.02 Å². The van der Waals surface area contributed by atoms with Gasteiger partial charge in [-0.1, -0.05) is 11.6 Å². The third-order valence-electron chi connectivity index (χ3n) is 5.98. The molecule has 2 N–H and O–H groups in total. The third-order valence-corrected chi connectivity index (χ3v) is 6.23. The van der Waals surface area contributed by atoms with Crippen molar-refractivity contribution in [3.63, 3.8) is 0 Å². The molecule has 2 aliphatic rings. The Morgan fingerprint density at radius 1 is 1.09 bits per heavy atom. The first-order valence-electron chi connectivity index (χ1n) is 11.1. The van der Waals surface area contributed by atoms with Gasteiger partial charge in [0.2, 0.25) is 5.91 Å². The van der Waals surface area contributed by atoms with Gasteiger partial charge in [-0.2, -0.15) is 0 Å². The van der Waals surface area contributed by atoms with E-state index in [1.807, 2.05) is 0 Å². The molecule has 2 heterocycles. The van der Waals surface area contributed by atoms with E-state index in [1.165, 1.54) is 12.0 Å². The molecule has 4 amide bonds. The van der Waals surface area contributed by atoms with Crippen LogP contribution in [0, 0.1) is 0 Å². The van der Waals surface area contributed by atoms with E-state index >= 15 is 0 Å². The predicted octanol–water partition coefficient (Wildman–Crippen LogP) is 2.97. The summed E-state index contributed by atoms with van der Waals surface area (Å²) in [5.41, 5.74) is 1.65. The Labute approximate surface area is 208 Å². The van der Waals surface area contributed by atoms with Crippen LogP contribution in [0.5, 0.6) is 5.75 Å². The quantitative estimate of drug-likeness (QED) is 0.628. The number of carbonyl (C=O) groups is 3. The molecule has 2 atom stereocenters. The second-order valence-electron chi connectivity index (χ2n) is 8.17. The summed E-state index contributed by atoms with van der Waals surface area (Å²) in [6.07, 6.45) is 0.0828. The molecule has 186 valence electrons. The number of rotatable bonds is 6. The van der Waals surface area contributed by atoms with E-state index in [2.05, 4.69) is 10.6 Å². The van der Waals surface area contributed by atoms with Crippen molar-refractivity contribution >= 4 is 46.5 Å². The topological polar surface area (TPSA) is 109 Å². The smallest absolute Gasteiger partial charge is 0.322 e. The molecule has 0 aliphatic carbocycles. The number of hydrogen-bond donors (Lipinski definition) is 2. The summed E-state index contributed by atoms with van der Waals surface area (Å²) < 4.78 is 16.1. The van der Waals surface area contributed by atoms with E-state index in [4.69, 9.17) is 25.8 Å². The highest BCUT2D eigenvalue weighted by atomic mass is 35.5. The van der Waals surface area contributed by atoms with Crippen molar-refractivity contribution in [2.24, 2.45) is 0 Å². The number of anilines is 3. The van der Waals surface area contributed by atoms with Gasteiger partial charge in [-0.05, 0) is 36.4 Å². The Balaban J connectivity index is 1.48.